The highest BCUT2D eigenvalue weighted by Gasteiger charge is 2.26. The molecular formula is C39H74BrO8P. The predicted octanol–water partition coefficient (Wildman–Crippen LogP) is 12.5. The third kappa shape index (κ3) is 36.9. The van der Waals surface area contributed by atoms with E-state index >= 15 is 0 Å². The number of rotatable bonds is 38. The average molecular weight is 782 g/mol. The number of carbonyl (C=O) groups excluding carboxylic acids is 2. The lowest BCUT2D eigenvalue weighted by Gasteiger charge is -2.19. The van der Waals surface area contributed by atoms with E-state index in [1.807, 2.05) is 0 Å². The van der Waals surface area contributed by atoms with Crippen molar-refractivity contribution in [2.24, 2.45) is 0 Å². The summed E-state index contributed by atoms with van der Waals surface area (Å²) in [7, 11) is -4.32. The van der Waals surface area contributed by atoms with Crippen LogP contribution in [0.5, 0.6) is 0 Å². The first-order valence-electron chi connectivity index (χ1n) is 20.0. The molecule has 0 aromatic rings. The standard InChI is InChI=1S/C39H74BrO8P/c1-3-5-7-9-11-13-15-17-18-20-22-24-26-28-30-32-39(42)48-37(36-47-49(43,44)46-34-33-40)35-45-38(41)31-29-27-25-23-21-19-16-14-12-10-8-6-4-2/h17-18,37H,3-16,19-36H2,1-2H3,(H,43,44)/t37-/m1/s1. The van der Waals surface area contributed by atoms with Crippen molar-refractivity contribution in [3.8, 4) is 0 Å². The number of allylic oxidation sites excluding steroid dienone is 2. The topological polar surface area (TPSA) is 108 Å². The fraction of sp³-hybridized carbons (Fsp3) is 0.897. The number of esters is 2. The van der Waals surface area contributed by atoms with Crippen LogP contribution in [-0.2, 0) is 32.7 Å². The second-order valence-corrected chi connectivity index (χ2v) is 15.7. The Hall–Kier alpha value is -0.730. The Kier molecular flexibility index (Phi) is 36.5. The summed E-state index contributed by atoms with van der Waals surface area (Å²) in [6.45, 7) is 3.85. The van der Waals surface area contributed by atoms with Crippen LogP contribution >= 0.6 is 23.8 Å². The molecule has 0 amide bonds. The number of hydrogen-bond donors (Lipinski definition) is 1. The predicted molar refractivity (Wildman–Crippen MR) is 206 cm³/mol. The molecule has 0 aromatic heterocycles. The molecule has 0 bridgehead atoms. The Bertz CT molecular complexity index is 825. The van der Waals surface area contributed by atoms with Crippen molar-refractivity contribution in [3.05, 3.63) is 12.2 Å². The molecule has 0 saturated carbocycles. The van der Waals surface area contributed by atoms with Crippen molar-refractivity contribution < 1.29 is 37.6 Å². The molecule has 0 aliphatic heterocycles. The molecule has 0 saturated heterocycles. The van der Waals surface area contributed by atoms with Crippen LogP contribution < -0.4 is 0 Å². The largest absolute Gasteiger partial charge is 0.472 e. The molecule has 1 unspecified atom stereocenters. The molecular weight excluding hydrogens is 707 g/mol. The Balaban J connectivity index is 4.19. The molecule has 0 aliphatic rings. The zero-order chi connectivity index (χ0) is 36.1. The van der Waals surface area contributed by atoms with Gasteiger partial charge in [0.25, 0.3) is 0 Å². The number of phosphoric acid groups is 1. The van der Waals surface area contributed by atoms with Crippen molar-refractivity contribution in [3.63, 3.8) is 0 Å². The van der Waals surface area contributed by atoms with Crippen LogP contribution in [-0.4, -0.2) is 48.1 Å². The quantitative estimate of drug-likeness (QED) is 0.0217. The van der Waals surface area contributed by atoms with Crippen LogP contribution in [0.2, 0.25) is 0 Å². The summed E-state index contributed by atoms with van der Waals surface area (Å²) in [4.78, 5) is 34.8. The summed E-state index contributed by atoms with van der Waals surface area (Å²) in [5, 5.41) is 0.367. The normalized spacial score (nSPS) is 13.5. The summed E-state index contributed by atoms with van der Waals surface area (Å²) in [5.74, 6) is -0.808. The molecule has 2 atom stereocenters. The molecule has 0 heterocycles. The highest BCUT2D eigenvalue weighted by Crippen LogP contribution is 2.43. The monoisotopic (exact) mass is 780 g/mol. The second kappa shape index (κ2) is 37.0. The summed E-state index contributed by atoms with van der Waals surface area (Å²) < 4.78 is 32.9. The molecule has 10 heteroatoms. The highest BCUT2D eigenvalue weighted by molar-refractivity contribution is 9.09. The summed E-state index contributed by atoms with van der Waals surface area (Å²) in [6, 6.07) is 0. The zero-order valence-electron chi connectivity index (χ0n) is 31.5. The SMILES string of the molecule is CCCCCCCCC=CCCCCCCCC(=O)O[C@H](COC(=O)CCCCCCCCCCCCCCC)COP(=O)(O)OCCBr. The van der Waals surface area contributed by atoms with Crippen LogP contribution in [0.4, 0.5) is 0 Å². The van der Waals surface area contributed by atoms with Gasteiger partial charge in [0, 0.05) is 18.2 Å². The van der Waals surface area contributed by atoms with E-state index in [9.17, 15) is 19.0 Å². The van der Waals surface area contributed by atoms with Crippen LogP contribution in [0.3, 0.4) is 0 Å². The maximum atomic E-state index is 12.5. The van der Waals surface area contributed by atoms with E-state index in [2.05, 4.69) is 41.9 Å². The van der Waals surface area contributed by atoms with Crippen molar-refractivity contribution in [1.82, 2.24) is 0 Å². The van der Waals surface area contributed by atoms with Gasteiger partial charge in [-0.3, -0.25) is 18.6 Å². The Morgan fingerprint density at radius 2 is 1.00 bits per heavy atom. The van der Waals surface area contributed by atoms with Gasteiger partial charge in [0.15, 0.2) is 6.10 Å². The first-order chi connectivity index (χ1) is 23.8. The minimum absolute atomic E-state index is 0.0121. The maximum absolute atomic E-state index is 12.5. The van der Waals surface area contributed by atoms with E-state index in [1.165, 1.54) is 109 Å². The van der Waals surface area contributed by atoms with Gasteiger partial charge in [-0.15, -0.1) is 0 Å². The number of halogens is 1. The van der Waals surface area contributed by atoms with Crippen molar-refractivity contribution in [2.75, 3.05) is 25.2 Å². The molecule has 290 valence electrons. The van der Waals surface area contributed by atoms with Crippen molar-refractivity contribution >= 4 is 35.7 Å². The second-order valence-electron chi connectivity index (χ2n) is 13.4. The van der Waals surface area contributed by atoms with Gasteiger partial charge in [-0.25, -0.2) is 4.57 Å². The van der Waals surface area contributed by atoms with Gasteiger partial charge in [-0.1, -0.05) is 170 Å². The van der Waals surface area contributed by atoms with E-state index in [0.717, 1.165) is 51.4 Å². The molecule has 0 fully saturated rings. The molecule has 0 rings (SSSR count). The molecule has 1 N–H and O–H groups in total. The molecule has 0 spiro atoms. The van der Waals surface area contributed by atoms with Crippen LogP contribution in [0.1, 0.15) is 194 Å². The van der Waals surface area contributed by atoms with Gasteiger partial charge in [-0.05, 0) is 38.5 Å². The lowest BCUT2D eigenvalue weighted by atomic mass is 10.0. The zero-order valence-corrected chi connectivity index (χ0v) is 34.0. The first kappa shape index (κ1) is 48.3. The van der Waals surface area contributed by atoms with Gasteiger partial charge in [0.1, 0.15) is 6.61 Å². The fourth-order valence-corrected chi connectivity index (χ4v) is 6.77. The molecule has 0 aliphatic carbocycles. The number of unbranched alkanes of at least 4 members (excludes halogenated alkanes) is 23. The fourth-order valence-electron chi connectivity index (χ4n) is 5.61. The van der Waals surface area contributed by atoms with Crippen LogP contribution in [0.25, 0.3) is 0 Å². The van der Waals surface area contributed by atoms with Gasteiger partial charge >= 0.3 is 19.8 Å². The Morgan fingerprint density at radius 3 is 1.45 bits per heavy atom. The number of carbonyl (C=O) groups is 2. The van der Waals surface area contributed by atoms with E-state index in [1.54, 1.807) is 0 Å². The Morgan fingerprint density at radius 1 is 0.592 bits per heavy atom. The number of alkyl halides is 1. The lowest BCUT2D eigenvalue weighted by molar-refractivity contribution is -0.161. The Labute approximate surface area is 309 Å². The molecule has 0 aromatic carbocycles. The molecule has 0 radical (unpaired) electrons. The van der Waals surface area contributed by atoms with Crippen molar-refractivity contribution in [2.45, 2.75) is 200 Å². The van der Waals surface area contributed by atoms with E-state index in [4.69, 9.17) is 18.5 Å². The van der Waals surface area contributed by atoms with Gasteiger partial charge in [0.05, 0.1) is 13.2 Å². The third-order valence-corrected chi connectivity index (χ3v) is 9.92. The lowest BCUT2D eigenvalue weighted by Crippen LogP contribution is -2.29. The minimum Gasteiger partial charge on any atom is -0.462 e. The van der Waals surface area contributed by atoms with Crippen molar-refractivity contribution in [1.29, 1.82) is 0 Å². The van der Waals surface area contributed by atoms with Gasteiger partial charge in [0.2, 0.25) is 0 Å². The van der Waals surface area contributed by atoms with Crippen LogP contribution in [0.15, 0.2) is 12.2 Å². The number of phosphoric ester groups is 1. The van der Waals surface area contributed by atoms with E-state index in [0.29, 0.717) is 18.2 Å². The first-order valence-corrected chi connectivity index (χ1v) is 22.6. The highest BCUT2D eigenvalue weighted by atomic mass is 79.9. The maximum Gasteiger partial charge on any atom is 0.472 e. The smallest absolute Gasteiger partial charge is 0.462 e. The molecule has 49 heavy (non-hydrogen) atoms. The van der Waals surface area contributed by atoms with Gasteiger partial charge < -0.3 is 14.4 Å². The summed E-state index contributed by atoms with van der Waals surface area (Å²) >= 11 is 3.14. The van der Waals surface area contributed by atoms with Crippen LogP contribution in [0, 0.1) is 0 Å². The number of hydrogen-bond acceptors (Lipinski definition) is 7. The summed E-state index contributed by atoms with van der Waals surface area (Å²) in [5.41, 5.74) is 0. The molecule has 8 nitrogen and oxygen atoms in total. The minimum atomic E-state index is -4.32. The third-order valence-electron chi connectivity index (χ3n) is 8.61. The average Bonchev–Trinajstić information content (AvgIpc) is 3.08. The van der Waals surface area contributed by atoms with Gasteiger partial charge in [-0.2, -0.15) is 0 Å². The summed E-state index contributed by atoms with van der Waals surface area (Å²) in [6.07, 6.45) is 35.3. The number of ether oxygens (including phenoxy) is 2. The van der Waals surface area contributed by atoms with E-state index in [-0.39, 0.29) is 25.6 Å². The van der Waals surface area contributed by atoms with E-state index < -0.39 is 26.5 Å².